The molecule has 1 aromatic carbocycles. The van der Waals surface area contributed by atoms with Crippen LogP contribution >= 0.6 is 0 Å². The highest BCUT2D eigenvalue weighted by Gasteiger charge is 2.14. The minimum absolute atomic E-state index is 0.106. The number of nitrogens with one attached hydrogen (secondary N) is 1. The van der Waals surface area contributed by atoms with E-state index in [1.165, 1.54) is 35.0 Å². The zero-order valence-corrected chi connectivity index (χ0v) is 10.6. The molecule has 0 aliphatic heterocycles. The normalized spacial score (nSPS) is 10.9. The fourth-order valence-electron chi connectivity index (χ4n) is 2.07. The summed E-state index contributed by atoms with van der Waals surface area (Å²) in [5, 5.41) is 22.5. The summed E-state index contributed by atoms with van der Waals surface area (Å²) in [4.78, 5) is 24.8. The highest BCUT2D eigenvalue weighted by atomic mass is 16.4. The van der Waals surface area contributed by atoms with E-state index in [0.29, 0.717) is 5.69 Å². The van der Waals surface area contributed by atoms with Crippen LogP contribution in [0.25, 0.3) is 16.6 Å². The van der Waals surface area contributed by atoms with Gasteiger partial charge in [-0.1, -0.05) is 0 Å². The molecule has 0 fully saturated rings. The van der Waals surface area contributed by atoms with Gasteiger partial charge in [0.1, 0.15) is 16.7 Å². The lowest BCUT2D eigenvalue weighted by molar-refractivity contribution is 0.0697. The van der Waals surface area contributed by atoms with E-state index in [1.807, 2.05) is 0 Å². The summed E-state index contributed by atoms with van der Waals surface area (Å²) in [7, 11) is 0. The molecule has 3 aromatic rings. The van der Waals surface area contributed by atoms with Crippen molar-refractivity contribution in [2.24, 2.45) is 0 Å². The minimum atomic E-state index is -1.04. The molecule has 3 rings (SSSR count). The van der Waals surface area contributed by atoms with Crippen LogP contribution < -0.4 is 11.3 Å². The van der Waals surface area contributed by atoms with Gasteiger partial charge < -0.3 is 15.9 Å². The Morgan fingerprint density at radius 1 is 1.29 bits per heavy atom. The number of rotatable bonds is 2. The van der Waals surface area contributed by atoms with Gasteiger partial charge in [0.2, 0.25) is 0 Å². The summed E-state index contributed by atoms with van der Waals surface area (Å²) >= 11 is 0. The number of nitrogens with zero attached hydrogens (tertiary/aromatic N) is 2. The van der Waals surface area contributed by atoms with Crippen molar-refractivity contribution in [2.75, 3.05) is 5.73 Å². The van der Waals surface area contributed by atoms with Crippen molar-refractivity contribution in [1.29, 1.82) is 0 Å². The van der Waals surface area contributed by atoms with Crippen LogP contribution in [0.15, 0.2) is 35.1 Å². The number of aromatic nitrogens is 3. The van der Waals surface area contributed by atoms with Gasteiger partial charge >= 0.3 is 5.97 Å². The van der Waals surface area contributed by atoms with Gasteiger partial charge in [0.05, 0.1) is 11.3 Å². The van der Waals surface area contributed by atoms with Gasteiger partial charge in [0, 0.05) is 6.07 Å². The quantitative estimate of drug-likeness (QED) is 0.547. The van der Waals surface area contributed by atoms with Gasteiger partial charge in [-0.15, -0.1) is 0 Å². The molecule has 0 saturated carbocycles. The van der Waals surface area contributed by atoms with Crippen LogP contribution in [0.2, 0.25) is 0 Å². The molecular weight excluding hydrogens is 276 g/mol. The zero-order chi connectivity index (χ0) is 15.1. The van der Waals surface area contributed by atoms with Crippen molar-refractivity contribution < 1.29 is 15.0 Å². The third-order valence-electron chi connectivity index (χ3n) is 3.05. The predicted molar refractivity (Wildman–Crippen MR) is 74.7 cm³/mol. The summed E-state index contributed by atoms with van der Waals surface area (Å²) in [6, 6.07) is 7.16. The molecule has 106 valence electrons. The number of carbonyl (C=O) groups is 1. The second-order valence-electron chi connectivity index (χ2n) is 4.39. The lowest BCUT2D eigenvalue weighted by Crippen LogP contribution is -2.07. The Kier molecular flexibility index (Phi) is 2.65. The summed E-state index contributed by atoms with van der Waals surface area (Å²) in [6.07, 6.45) is 0. The fraction of sp³-hybridized carbons (Fsp3) is 0. The van der Waals surface area contributed by atoms with Crippen molar-refractivity contribution in [3.63, 3.8) is 0 Å². The Morgan fingerprint density at radius 2 is 1.95 bits per heavy atom. The van der Waals surface area contributed by atoms with Crippen molar-refractivity contribution in [1.82, 2.24) is 14.8 Å². The van der Waals surface area contributed by atoms with Crippen LogP contribution in [0, 0.1) is 0 Å². The van der Waals surface area contributed by atoms with E-state index >= 15 is 0 Å². The Labute approximate surface area is 117 Å². The largest absolute Gasteiger partial charge is 0.494 e. The number of nitrogens with two attached hydrogens (primary N) is 1. The van der Waals surface area contributed by atoms with E-state index in [9.17, 15) is 14.7 Å². The van der Waals surface area contributed by atoms with E-state index in [-0.39, 0.29) is 28.2 Å². The molecule has 0 spiro atoms. The van der Waals surface area contributed by atoms with E-state index in [4.69, 9.17) is 10.8 Å². The molecule has 21 heavy (non-hydrogen) atoms. The molecule has 8 nitrogen and oxygen atoms in total. The average molecular weight is 286 g/mol. The zero-order valence-electron chi connectivity index (χ0n) is 10.6. The Hall–Kier alpha value is -3.29. The van der Waals surface area contributed by atoms with Crippen LogP contribution in [0.4, 0.5) is 5.82 Å². The maximum atomic E-state index is 11.8. The minimum Gasteiger partial charge on any atom is -0.494 e. The number of anilines is 1. The number of carboxylic acid groups (broad SMARTS) is 1. The molecule has 0 radical (unpaired) electrons. The van der Waals surface area contributed by atoms with Crippen molar-refractivity contribution >= 4 is 22.7 Å². The lowest BCUT2D eigenvalue weighted by Gasteiger charge is -2.03. The first-order chi connectivity index (χ1) is 9.97. The standard InChI is InChI=1S/C13H10N4O4/c14-11-10-8(5-9(18)15-12(10)19)16-17(11)7-3-1-6(2-4-7)13(20)21/h1-5,18H,14H2,(H,15,19)(H,20,21). The van der Waals surface area contributed by atoms with E-state index < -0.39 is 11.5 Å². The molecule has 0 unspecified atom stereocenters. The SMILES string of the molecule is Nc1c2c(=O)[nH]c(O)cc2nn1-c1ccc(C(=O)O)cc1. The summed E-state index contributed by atoms with van der Waals surface area (Å²) in [5.74, 6) is -1.24. The summed E-state index contributed by atoms with van der Waals surface area (Å²) < 4.78 is 1.31. The topological polar surface area (TPSA) is 134 Å². The predicted octanol–water partition coefficient (Wildman–Crippen LogP) is 0.700. The van der Waals surface area contributed by atoms with E-state index in [0.717, 1.165) is 0 Å². The maximum Gasteiger partial charge on any atom is 0.335 e. The number of pyridine rings is 1. The van der Waals surface area contributed by atoms with Gasteiger partial charge in [0.15, 0.2) is 5.88 Å². The number of H-pyrrole nitrogens is 1. The van der Waals surface area contributed by atoms with Gasteiger partial charge in [-0.25, -0.2) is 9.48 Å². The molecule has 8 heteroatoms. The first-order valence-electron chi connectivity index (χ1n) is 5.91. The number of nitrogen functional groups attached to an aromatic ring is 1. The third-order valence-corrected chi connectivity index (χ3v) is 3.05. The van der Waals surface area contributed by atoms with E-state index in [1.54, 1.807) is 0 Å². The summed E-state index contributed by atoms with van der Waals surface area (Å²) in [6.45, 7) is 0. The second kappa shape index (κ2) is 4.37. The third kappa shape index (κ3) is 1.98. The Bertz CT molecular complexity index is 908. The molecule has 0 atom stereocenters. The van der Waals surface area contributed by atoms with Gasteiger partial charge in [-0.3, -0.25) is 9.78 Å². The van der Waals surface area contributed by atoms with Crippen LogP contribution in [0.1, 0.15) is 10.4 Å². The second-order valence-corrected chi connectivity index (χ2v) is 4.39. The molecule has 0 saturated heterocycles. The molecule has 0 amide bonds. The smallest absolute Gasteiger partial charge is 0.335 e. The number of aromatic hydroxyl groups is 1. The molecule has 2 aromatic heterocycles. The molecular formula is C13H10N4O4. The van der Waals surface area contributed by atoms with Crippen molar-refractivity contribution in [3.05, 3.63) is 46.2 Å². The first kappa shape index (κ1) is 12.7. The monoisotopic (exact) mass is 286 g/mol. The molecule has 0 aliphatic carbocycles. The molecule has 5 N–H and O–H groups in total. The van der Waals surface area contributed by atoms with Gasteiger partial charge in [-0.2, -0.15) is 5.10 Å². The van der Waals surface area contributed by atoms with Crippen LogP contribution in [0.3, 0.4) is 0 Å². The van der Waals surface area contributed by atoms with Crippen molar-refractivity contribution in [3.8, 4) is 11.6 Å². The highest BCUT2D eigenvalue weighted by molar-refractivity contribution is 5.90. The van der Waals surface area contributed by atoms with Gasteiger partial charge in [0.25, 0.3) is 5.56 Å². The average Bonchev–Trinajstić information content (AvgIpc) is 2.76. The van der Waals surface area contributed by atoms with Crippen LogP contribution in [-0.2, 0) is 0 Å². The number of hydrogen-bond donors (Lipinski definition) is 4. The van der Waals surface area contributed by atoms with Crippen LogP contribution in [0.5, 0.6) is 5.88 Å². The number of hydrogen-bond acceptors (Lipinski definition) is 5. The molecule has 0 aliphatic rings. The number of aromatic amines is 1. The lowest BCUT2D eigenvalue weighted by atomic mass is 10.2. The van der Waals surface area contributed by atoms with Crippen molar-refractivity contribution in [2.45, 2.75) is 0 Å². The first-order valence-corrected chi connectivity index (χ1v) is 5.91. The van der Waals surface area contributed by atoms with E-state index in [2.05, 4.69) is 10.1 Å². The Balaban J connectivity index is 2.21. The fourth-order valence-corrected chi connectivity index (χ4v) is 2.07. The molecule has 0 bridgehead atoms. The number of carboxylic acids is 1. The van der Waals surface area contributed by atoms with Gasteiger partial charge in [-0.05, 0) is 24.3 Å². The number of benzene rings is 1. The Morgan fingerprint density at radius 3 is 2.57 bits per heavy atom. The summed E-state index contributed by atoms with van der Waals surface area (Å²) in [5.41, 5.74) is 6.24. The maximum absolute atomic E-state index is 11.8. The van der Waals surface area contributed by atoms with Crippen LogP contribution in [-0.4, -0.2) is 30.9 Å². The number of aromatic carboxylic acids is 1. The highest BCUT2D eigenvalue weighted by Crippen LogP contribution is 2.22. The number of fused-ring (bicyclic) bond motifs is 1. The molecule has 2 heterocycles.